The molecular weight excluding hydrogens is 219 g/mol. The molecule has 2 N–H and O–H groups in total. The van der Waals surface area contributed by atoms with Crippen LogP contribution in [0.15, 0.2) is 10.7 Å². The fourth-order valence-electron chi connectivity index (χ4n) is 0.592. The molecule has 0 aliphatic heterocycles. The summed E-state index contributed by atoms with van der Waals surface area (Å²) < 4.78 is 0.751. The fourth-order valence-corrected chi connectivity index (χ4v) is 1.20. The van der Waals surface area contributed by atoms with Crippen LogP contribution in [0, 0.1) is 0 Å². The van der Waals surface area contributed by atoms with Gasteiger partial charge in [-0.2, -0.15) is 5.10 Å². The predicted molar refractivity (Wildman–Crippen MR) is 42.0 cm³/mol. The van der Waals surface area contributed by atoms with Gasteiger partial charge in [-0.25, -0.2) is 0 Å². The van der Waals surface area contributed by atoms with Crippen molar-refractivity contribution in [2.24, 2.45) is 0 Å². The number of hydrogen-bond acceptors (Lipinski definition) is 2. The topological polar surface area (TPSA) is 48.9 Å². The van der Waals surface area contributed by atoms with Crippen LogP contribution in [0.5, 0.6) is 0 Å². The maximum absolute atomic E-state index is 9.17. The van der Waals surface area contributed by atoms with E-state index in [1.54, 1.807) is 6.20 Å². The lowest BCUT2D eigenvalue weighted by molar-refractivity contribution is 0.197. The molecule has 1 aromatic rings. The van der Waals surface area contributed by atoms with Crippen molar-refractivity contribution in [1.82, 2.24) is 10.2 Å². The monoisotopic (exact) mass is 224 g/mol. The third kappa shape index (κ3) is 1.51. The fraction of sp³-hybridized carbons (Fsp3) is 0.400. The highest BCUT2D eigenvalue weighted by Gasteiger charge is 2.10. The number of aromatic nitrogens is 2. The Morgan fingerprint density at radius 2 is 2.60 bits per heavy atom. The van der Waals surface area contributed by atoms with Crippen LogP contribution < -0.4 is 0 Å². The van der Waals surface area contributed by atoms with E-state index in [-0.39, 0.29) is 5.88 Å². The van der Waals surface area contributed by atoms with E-state index in [0.717, 1.165) is 4.47 Å². The van der Waals surface area contributed by atoms with Gasteiger partial charge in [0, 0.05) is 0 Å². The highest BCUT2D eigenvalue weighted by Crippen LogP contribution is 2.20. The van der Waals surface area contributed by atoms with Crippen molar-refractivity contribution in [3.05, 3.63) is 16.4 Å². The van der Waals surface area contributed by atoms with Crippen LogP contribution in [0.25, 0.3) is 0 Å². The normalized spacial score (nSPS) is 13.5. The van der Waals surface area contributed by atoms with Crippen molar-refractivity contribution in [3.8, 4) is 0 Å². The molecule has 0 aliphatic carbocycles. The van der Waals surface area contributed by atoms with Crippen LogP contribution >= 0.6 is 27.5 Å². The van der Waals surface area contributed by atoms with E-state index >= 15 is 0 Å². The van der Waals surface area contributed by atoms with E-state index in [4.69, 9.17) is 16.7 Å². The minimum absolute atomic E-state index is 0.167. The summed E-state index contributed by atoms with van der Waals surface area (Å²) in [6, 6.07) is 0. The van der Waals surface area contributed by atoms with Gasteiger partial charge < -0.3 is 5.11 Å². The van der Waals surface area contributed by atoms with Crippen LogP contribution in [-0.4, -0.2) is 21.2 Å². The van der Waals surface area contributed by atoms with Crippen LogP contribution in [0.1, 0.15) is 11.8 Å². The molecule has 0 saturated heterocycles. The predicted octanol–water partition coefficient (Wildman–Crippen LogP) is 1.44. The molecule has 0 radical (unpaired) electrons. The van der Waals surface area contributed by atoms with Crippen molar-refractivity contribution in [2.45, 2.75) is 6.10 Å². The molecule has 1 rings (SSSR count). The third-order valence-corrected chi connectivity index (χ3v) is 2.02. The van der Waals surface area contributed by atoms with Gasteiger partial charge in [0.25, 0.3) is 0 Å². The van der Waals surface area contributed by atoms with E-state index in [9.17, 15) is 0 Å². The number of aliphatic hydroxyl groups excluding tert-OH is 1. The zero-order chi connectivity index (χ0) is 7.56. The second kappa shape index (κ2) is 3.37. The number of alkyl halides is 1. The first-order chi connectivity index (χ1) is 4.75. The molecule has 0 aromatic carbocycles. The summed E-state index contributed by atoms with van der Waals surface area (Å²) in [6.07, 6.45) is 0.906. The highest BCUT2D eigenvalue weighted by atomic mass is 79.9. The van der Waals surface area contributed by atoms with Crippen LogP contribution in [-0.2, 0) is 0 Å². The summed E-state index contributed by atoms with van der Waals surface area (Å²) in [5.41, 5.74) is 0.620. The summed E-state index contributed by atoms with van der Waals surface area (Å²) in [4.78, 5) is 0. The first-order valence-electron chi connectivity index (χ1n) is 2.68. The second-order valence-electron chi connectivity index (χ2n) is 1.80. The Bertz CT molecular complexity index is 215. The number of nitrogens with zero attached hydrogens (tertiary/aromatic N) is 1. The Morgan fingerprint density at radius 3 is 3.00 bits per heavy atom. The largest absolute Gasteiger partial charge is 0.386 e. The maximum Gasteiger partial charge on any atom is 0.110 e. The third-order valence-electron chi connectivity index (χ3n) is 1.10. The molecular formula is C5H6BrClN2O. The van der Waals surface area contributed by atoms with Crippen LogP contribution in [0.4, 0.5) is 0 Å². The van der Waals surface area contributed by atoms with Crippen molar-refractivity contribution < 1.29 is 5.11 Å². The zero-order valence-corrected chi connectivity index (χ0v) is 7.35. The summed E-state index contributed by atoms with van der Waals surface area (Å²) in [5, 5.41) is 15.5. The van der Waals surface area contributed by atoms with Crippen LogP contribution in [0.3, 0.4) is 0 Å². The van der Waals surface area contributed by atoms with Gasteiger partial charge in [0.2, 0.25) is 0 Å². The van der Waals surface area contributed by atoms with Gasteiger partial charge in [-0.05, 0) is 15.9 Å². The van der Waals surface area contributed by atoms with Gasteiger partial charge >= 0.3 is 0 Å². The van der Waals surface area contributed by atoms with Crippen molar-refractivity contribution in [3.63, 3.8) is 0 Å². The molecule has 0 saturated carbocycles. The summed E-state index contributed by atoms with van der Waals surface area (Å²) >= 11 is 8.59. The minimum atomic E-state index is -0.668. The average molecular weight is 225 g/mol. The first kappa shape index (κ1) is 8.04. The van der Waals surface area contributed by atoms with E-state index in [2.05, 4.69) is 26.1 Å². The molecule has 1 unspecified atom stereocenters. The van der Waals surface area contributed by atoms with E-state index in [1.807, 2.05) is 0 Å². The van der Waals surface area contributed by atoms with Gasteiger partial charge in [-0.15, -0.1) is 11.6 Å². The second-order valence-corrected chi connectivity index (χ2v) is 2.96. The number of halogens is 2. The Morgan fingerprint density at radius 1 is 1.90 bits per heavy atom. The summed E-state index contributed by atoms with van der Waals surface area (Å²) in [6.45, 7) is 0. The molecule has 56 valence electrons. The molecule has 0 fully saturated rings. The first-order valence-corrected chi connectivity index (χ1v) is 4.01. The Hall–Kier alpha value is -0.0600. The molecule has 1 heterocycles. The highest BCUT2D eigenvalue weighted by molar-refractivity contribution is 9.10. The summed E-state index contributed by atoms with van der Waals surface area (Å²) in [5.74, 6) is 0.167. The number of nitrogens with one attached hydrogen (secondary N) is 1. The number of aromatic amines is 1. The van der Waals surface area contributed by atoms with Gasteiger partial charge in [-0.1, -0.05) is 0 Å². The molecule has 0 amide bonds. The van der Waals surface area contributed by atoms with Crippen molar-refractivity contribution >= 4 is 27.5 Å². The Kier molecular flexibility index (Phi) is 2.71. The molecule has 3 nitrogen and oxygen atoms in total. The SMILES string of the molecule is OC(CCl)c1[nH]ncc1Br. The maximum atomic E-state index is 9.17. The Balaban J connectivity index is 2.82. The summed E-state index contributed by atoms with van der Waals surface area (Å²) in [7, 11) is 0. The van der Waals surface area contributed by atoms with Gasteiger partial charge in [0.1, 0.15) is 6.10 Å². The quantitative estimate of drug-likeness (QED) is 0.749. The lowest BCUT2D eigenvalue weighted by atomic mass is 10.3. The number of aliphatic hydroxyl groups is 1. The van der Waals surface area contributed by atoms with Crippen LogP contribution in [0.2, 0.25) is 0 Å². The standard InChI is InChI=1S/C5H6BrClN2O/c6-3-2-8-9-5(3)4(10)1-7/h2,4,10H,1H2,(H,8,9). The van der Waals surface area contributed by atoms with Gasteiger partial charge in [0.15, 0.2) is 0 Å². The van der Waals surface area contributed by atoms with E-state index < -0.39 is 6.10 Å². The zero-order valence-electron chi connectivity index (χ0n) is 5.01. The smallest absolute Gasteiger partial charge is 0.110 e. The molecule has 0 aliphatic rings. The molecule has 5 heteroatoms. The molecule has 1 aromatic heterocycles. The van der Waals surface area contributed by atoms with E-state index in [0.29, 0.717) is 5.69 Å². The van der Waals surface area contributed by atoms with E-state index in [1.165, 1.54) is 0 Å². The molecule has 0 spiro atoms. The molecule has 1 atom stereocenters. The lowest BCUT2D eigenvalue weighted by Crippen LogP contribution is -1.99. The number of hydrogen-bond donors (Lipinski definition) is 2. The number of H-pyrrole nitrogens is 1. The van der Waals surface area contributed by atoms with Gasteiger partial charge in [-0.3, -0.25) is 5.10 Å². The lowest BCUT2D eigenvalue weighted by Gasteiger charge is -2.02. The van der Waals surface area contributed by atoms with Gasteiger partial charge in [0.05, 0.1) is 22.2 Å². The number of rotatable bonds is 2. The average Bonchev–Trinajstić information content (AvgIpc) is 2.34. The van der Waals surface area contributed by atoms with Crippen molar-refractivity contribution in [2.75, 3.05) is 5.88 Å². The molecule has 0 bridgehead atoms. The molecule has 10 heavy (non-hydrogen) atoms. The van der Waals surface area contributed by atoms with Crippen molar-refractivity contribution in [1.29, 1.82) is 0 Å². The minimum Gasteiger partial charge on any atom is -0.386 e. The Labute approximate surface area is 71.5 Å².